The van der Waals surface area contributed by atoms with Crippen LogP contribution in [0.1, 0.15) is 33.6 Å². The van der Waals surface area contributed by atoms with Crippen LogP contribution in [0.5, 0.6) is 0 Å². The predicted molar refractivity (Wildman–Crippen MR) is 73.3 cm³/mol. The van der Waals surface area contributed by atoms with Crippen molar-refractivity contribution in [3.05, 3.63) is 16.4 Å². The van der Waals surface area contributed by atoms with Gasteiger partial charge in [0, 0.05) is 12.1 Å². The minimum absolute atomic E-state index is 0.0851. The van der Waals surface area contributed by atoms with Crippen molar-refractivity contribution in [1.82, 2.24) is 9.97 Å². The molecule has 2 N–H and O–H groups in total. The van der Waals surface area contributed by atoms with Gasteiger partial charge < -0.3 is 10.6 Å². The van der Waals surface area contributed by atoms with Gasteiger partial charge in [-0.2, -0.15) is 0 Å². The number of nitrogens with zero attached hydrogens (tertiary/aromatic N) is 3. The smallest absolute Gasteiger partial charge is 0.353 e. The molecule has 1 aromatic heterocycles. The van der Waals surface area contributed by atoms with Crippen LogP contribution in [-0.2, 0) is 0 Å². The number of rotatable bonds is 6. The van der Waals surface area contributed by atoms with Gasteiger partial charge in [-0.15, -0.1) is 0 Å². The molecule has 7 heteroatoms. The SMILES string of the molecule is CCNc1ncnc(NC(C)(C)C2CC2)c1[N+](=O)[O-]. The Labute approximate surface area is 112 Å². The summed E-state index contributed by atoms with van der Waals surface area (Å²) in [6, 6.07) is 0. The number of anilines is 2. The molecule has 0 amide bonds. The normalized spacial score (nSPS) is 15.1. The quantitative estimate of drug-likeness (QED) is 0.606. The van der Waals surface area contributed by atoms with Gasteiger partial charge >= 0.3 is 5.69 Å². The molecule has 0 saturated heterocycles. The van der Waals surface area contributed by atoms with Crippen molar-refractivity contribution in [2.45, 2.75) is 39.2 Å². The van der Waals surface area contributed by atoms with Crippen molar-refractivity contribution in [2.75, 3.05) is 17.2 Å². The zero-order chi connectivity index (χ0) is 14.0. The third kappa shape index (κ3) is 2.91. The van der Waals surface area contributed by atoms with Crippen molar-refractivity contribution in [1.29, 1.82) is 0 Å². The van der Waals surface area contributed by atoms with Crippen LogP contribution in [0.3, 0.4) is 0 Å². The molecular formula is C12H19N5O2. The second-order valence-corrected chi connectivity index (χ2v) is 5.33. The second-order valence-electron chi connectivity index (χ2n) is 5.33. The van der Waals surface area contributed by atoms with E-state index in [0.717, 1.165) is 12.8 Å². The highest BCUT2D eigenvalue weighted by Gasteiger charge is 2.39. The first kappa shape index (κ1) is 13.5. The Balaban J connectivity index is 2.33. The molecule has 1 aromatic rings. The lowest BCUT2D eigenvalue weighted by Crippen LogP contribution is -2.34. The summed E-state index contributed by atoms with van der Waals surface area (Å²) >= 11 is 0. The van der Waals surface area contributed by atoms with Crippen LogP contribution >= 0.6 is 0 Å². The average molecular weight is 265 g/mol. The van der Waals surface area contributed by atoms with Crippen molar-refractivity contribution in [3.8, 4) is 0 Å². The van der Waals surface area contributed by atoms with Crippen molar-refractivity contribution >= 4 is 17.3 Å². The summed E-state index contributed by atoms with van der Waals surface area (Å²) in [5.41, 5.74) is -0.277. The molecule has 1 aliphatic carbocycles. The first-order chi connectivity index (χ1) is 8.95. The van der Waals surface area contributed by atoms with E-state index in [0.29, 0.717) is 12.5 Å². The van der Waals surface area contributed by atoms with Crippen molar-refractivity contribution in [2.24, 2.45) is 5.92 Å². The van der Waals surface area contributed by atoms with Crippen molar-refractivity contribution < 1.29 is 4.92 Å². The third-order valence-corrected chi connectivity index (χ3v) is 3.39. The van der Waals surface area contributed by atoms with Gasteiger partial charge in [0.05, 0.1) is 4.92 Å². The lowest BCUT2D eigenvalue weighted by molar-refractivity contribution is -0.383. The number of aromatic nitrogens is 2. The van der Waals surface area contributed by atoms with E-state index < -0.39 is 4.92 Å². The summed E-state index contributed by atoms with van der Waals surface area (Å²) in [4.78, 5) is 18.8. The summed E-state index contributed by atoms with van der Waals surface area (Å²) in [6.07, 6.45) is 3.65. The topological polar surface area (TPSA) is 93.0 Å². The fraction of sp³-hybridized carbons (Fsp3) is 0.667. The molecule has 0 radical (unpaired) electrons. The first-order valence-corrected chi connectivity index (χ1v) is 6.47. The van der Waals surface area contributed by atoms with Gasteiger partial charge in [-0.25, -0.2) is 9.97 Å². The Morgan fingerprint density at radius 3 is 2.58 bits per heavy atom. The maximum absolute atomic E-state index is 11.2. The monoisotopic (exact) mass is 265 g/mol. The van der Waals surface area contributed by atoms with E-state index in [1.165, 1.54) is 6.33 Å². The number of nitro groups is 1. The van der Waals surface area contributed by atoms with Crippen LogP contribution in [-0.4, -0.2) is 27.0 Å². The second kappa shape index (κ2) is 4.99. The molecule has 0 bridgehead atoms. The molecule has 1 heterocycles. The first-order valence-electron chi connectivity index (χ1n) is 6.47. The highest BCUT2D eigenvalue weighted by Crippen LogP contribution is 2.42. The van der Waals surface area contributed by atoms with E-state index in [-0.39, 0.29) is 22.9 Å². The lowest BCUT2D eigenvalue weighted by atomic mass is 9.99. The summed E-state index contributed by atoms with van der Waals surface area (Å²) in [7, 11) is 0. The number of hydrogen-bond acceptors (Lipinski definition) is 6. The van der Waals surface area contributed by atoms with E-state index in [9.17, 15) is 10.1 Å². The van der Waals surface area contributed by atoms with Gasteiger partial charge in [0.15, 0.2) is 0 Å². The highest BCUT2D eigenvalue weighted by molar-refractivity contribution is 5.69. The summed E-state index contributed by atoms with van der Waals surface area (Å²) in [5.74, 6) is 1.09. The molecule has 0 unspecified atom stereocenters. The maximum Gasteiger partial charge on any atom is 0.353 e. The summed E-state index contributed by atoms with van der Waals surface area (Å²) < 4.78 is 0. The van der Waals surface area contributed by atoms with E-state index in [4.69, 9.17) is 0 Å². The predicted octanol–water partition coefficient (Wildman–Crippen LogP) is 2.42. The fourth-order valence-corrected chi connectivity index (χ4v) is 2.15. The molecule has 1 fully saturated rings. The van der Waals surface area contributed by atoms with Crippen LogP contribution in [0.15, 0.2) is 6.33 Å². The molecule has 19 heavy (non-hydrogen) atoms. The molecule has 0 aromatic carbocycles. The zero-order valence-corrected chi connectivity index (χ0v) is 11.4. The van der Waals surface area contributed by atoms with Gasteiger partial charge in [-0.1, -0.05) is 0 Å². The molecule has 104 valence electrons. The molecule has 1 aliphatic rings. The van der Waals surface area contributed by atoms with Gasteiger partial charge in [-0.3, -0.25) is 10.1 Å². The van der Waals surface area contributed by atoms with E-state index in [1.807, 2.05) is 20.8 Å². The van der Waals surface area contributed by atoms with E-state index in [2.05, 4.69) is 20.6 Å². The minimum atomic E-state index is -0.441. The molecule has 0 spiro atoms. The van der Waals surface area contributed by atoms with Gasteiger partial charge in [-0.05, 0) is 39.5 Å². The van der Waals surface area contributed by atoms with E-state index >= 15 is 0 Å². The van der Waals surface area contributed by atoms with Crippen LogP contribution in [0.2, 0.25) is 0 Å². The fourth-order valence-electron chi connectivity index (χ4n) is 2.15. The molecule has 0 atom stereocenters. The largest absolute Gasteiger partial charge is 0.364 e. The molecule has 7 nitrogen and oxygen atoms in total. The van der Waals surface area contributed by atoms with Crippen molar-refractivity contribution in [3.63, 3.8) is 0 Å². The Hall–Kier alpha value is -1.92. The van der Waals surface area contributed by atoms with Crippen LogP contribution in [0.4, 0.5) is 17.3 Å². The molecule has 1 saturated carbocycles. The third-order valence-electron chi connectivity index (χ3n) is 3.39. The molecular weight excluding hydrogens is 246 g/mol. The van der Waals surface area contributed by atoms with Crippen LogP contribution < -0.4 is 10.6 Å². The van der Waals surface area contributed by atoms with Crippen LogP contribution in [0.25, 0.3) is 0 Å². The lowest BCUT2D eigenvalue weighted by Gasteiger charge is -2.26. The average Bonchev–Trinajstić information content (AvgIpc) is 3.12. The standard InChI is InChI=1S/C12H19N5O2/c1-4-13-10-9(17(18)19)11(15-7-14-10)16-12(2,3)8-5-6-8/h7-8H,4-6H2,1-3H3,(H2,13,14,15,16). The van der Waals surface area contributed by atoms with Gasteiger partial charge in [0.25, 0.3) is 0 Å². The minimum Gasteiger partial charge on any atom is -0.364 e. The molecule has 2 rings (SSSR count). The Bertz CT molecular complexity index is 485. The summed E-state index contributed by atoms with van der Waals surface area (Å²) in [6.45, 7) is 6.53. The number of nitrogens with one attached hydrogen (secondary N) is 2. The number of hydrogen-bond donors (Lipinski definition) is 2. The maximum atomic E-state index is 11.2. The van der Waals surface area contributed by atoms with Crippen LogP contribution in [0, 0.1) is 16.0 Å². The Morgan fingerprint density at radius 2 is 2.05 bits per heavy atom. The molecule has 0 aliphatic heterocycles. The van der Waals surface area contributed by atoms with Gasteiger partial charge in [0.1, 0.15) is 6.33 Å². The zero-order valence-electron chi connectivity index (χ0n) is 11.4. The van der Waals surface area contributed by atoms with Gasteiger partial charge in [0.2, 0.25) is 11.6 Å². The Morgan fingerprint density at radius 1 is 1.42 bits per heavy atom. The van der Waals surface area contributed by atoms with E-state index in [1.54, 1.807) is 0 Å². The Kier molecular flexibility index (Phi) is 3.55. The summed E-state index contributed by atoms with van der Waals surface area (Å²) in [5, 5.41) is 17.3. The highest BCUT2D eigenvalue weighted by atomic mass is 16.6.